The van der Waals surface area contributed by atoms with Crippen LogP contribution in [-0.4, -0.2) is 47.3 Å². The zero-order chi connectivity index (χ0) is 13.8. The molecule has 1 aromatic heterocycles. The number of aromatic nitrogens is 2. The Morgan fingerprint density at radius 1 is 1.37 bits per heavy atom. The third kappa shape index (κ3) is 3.78. The van der Waals surface area contributed by atoms with Crippen molar-refractivity contribution in [2.75, 3.05) is 32.8 Å². The monoisotopic (exact) mass is 285 g/mol. The Morgan fingerprint density at radius 2 is 2.05 bits per heavy atom. The number of hydrogen-bond donors (Lipinski definition) is 0. The van der Waals surface area contributed by atoms with Crippen LogP contribution in [0.15, 0.2) is 10.9 Å². The molecule has 1 aliphatic heterocycles. The lowest BCUT2D eigenvalue weighted by molar-refractivity contribution is 0.0361. The van der Waals surface area contributed by atoms with Crippen molar-refractivity contribution in [3.05, 3.63) is 27.4 Å². The number of nitrogens with zero attached hydrogens (tertiary/aromatic N) is 3. The molecular formula is C13H20ClN3O2. The molecule has 0 N–H and O–H groups in total. The normalized spacial score (nSPS) is 17.1. The summed E-state index contributed by atoms with van der Waals surface area (Å²) in [5.41, 5.74) is -0.0723. The van der Waals surface area contributed by atoms with Gasteiger partial charge in [-0.15, -0.1) is 0 Å². The van der Waals surface area contributed by atoms with Crippen molar-refractivity contribution in [2.24, 2.45) is 0 Å². The Morgan fingerprint density at radius 3 is 2.68 bits per heavy atom. The van der Waals surface area contributed by atoms with Crippen LogP contribution < -0.4 is 5.56 Å². The van der Waals surface area contributed by atoms with Gasteiger partial charge in [-0.1, -0.05) is 25.4 Å². The molecule has 1 saturated heterocycles. The topological polar surface area (TPSA) is 47.4 Å². The summed E-state index contributed by atoms with van der Waals surface area (Å²) in [7, 11) is 0. The number of ether oxygens (including phenoxy) is 1. The average Bonchev–Trinajstić information content (AvgIpc) is 2.38. The molecule has 0 aliphatic carbocycles. The summed E-state index contributed by atoms with van der Waals surface area (Å²) < 4.78 is 7.04. The molecule has 0 amide bonds. The van der Waals surface area contributed by atoms with E-state index >= 15 is 0 Å². The lowest BCUT2D eigenvalue weighted by Gasteiger charge is -2.27. The first-order chi connectivity index (χ1) is 9.08. The first kappa shape index (κ1) is 14.5. The number of rotatable bonds is 4. The van der Waals surface area contributed by atoms with Gasteiger partial charge >= 0.3 is 0 Å². The van der Waals surface area contributed by atoms with E-state index in [2.05, 4.69) is 9.88 Å². The van der Waals surface area contributed by atoms with Gasteiger partial charge in [-0.25, -0.2) is 4.98 Å². The fraction of sp³-hybridized carbons (Fsp3) is 0.692. The minimum Gasteiger partial charge on any atom is -0.379 e. The Balaban J connectivity index is 2.12. The van der Waals surface area contributed by atoms with E-state index < -0.39 is 0 Å². The first-order valence-corrected chi connectivity index (χ1v) is 7.03. The highest BCUT2D eigenvalue weighted by atomic mass is 35.5. The second-order valence-electron chi connectivity index (χ2n) is 5.04. The van der Waals surface area contributed by atoms with Crippen LogP contribution in [0, 0.1) is 0 Å². The standard InChI is InChI=1S/C13H20ClN3O2/c1-10(2)13-15-11(14)9-12(18)17(13)4-3-16-5-7-19-8-6-16/h9-10H,3-8H2,1-2H3. The summed E-state index contributed by atoms with van der Waals surface area (Å²) in [5, 5.41) is 0.274. The Hall–Kier alpha value is -0.910. The van der Waals surface area contributed by atoms with Crippen LogP contribution in [0.25, 0.3) is 0 Å². The van der Waals surface area contributed by atoms with E-state index in [0.717, 1.165) is 38.7 Å². The SMILES string of the molecule is CC(C)c1nc(Cl)cc(=O)n1CCN1CCOCC1. The van der Waals surface area contributed by atoms with Gasteiger partial charge in [0, 0.05) is 38.2 Å². The van der Waals surface area contributed by atoms with Gasteiger partial charge < -0.3 is 4.74 Å². The molecule has 0 saturated carbocycles. The smallest absolute Gasteiger partial charge is 0.255 e. The van der Waals surface area contributed by atoms with Gasteiger partial charge in [0.25, 0.3) is 5.56 Å². The van der Waals surface area contributed by atoms with E-state index in [1.54, 1.807) is 4.57 Å². The zero-order valence-electron chi connectivity index (χ0n) is 11.4. The summed E-state index contributed by atoms with van der Waals surface area (Å²) >= 11 is 5.86. The van der Waals surface area contributed by atoms with Crippen LogP contribution in [0.1, 0.15) is 25.6 Å². The van der Waals surface area contributed by atoms with Crippen LogP contribution in [0.4, 0.5) is 0 Å². The molecule has 0 bridgehead atoms. The highest BCUT2D eigenvalue weighted by Gasteiger charge is 2.14. The predicted molar refractivity (Wildman–Crippen MR) is 74.9 cm³/mol. The van der Waals surface area contributed by atoms with E-state index in [4.69, 9.17) is 16.3 Å². The van der Waals surface area contributed by atoms with Crippen molar-refractivity contribution < 1.29 is 4.74 Å². The van der Waals surface area contributed by atoms with Crippen molar-refractivity contribution in [3.63, 3.8) is 0 Å². The van der Waals surface area contributed by atoms with Crippen LogP contribution in [0.2, 0.25) is 5.15 Å². The third-order valence-electron chi connectivity index (χ3n) is 3.27. The van der Waals surface area contributed by atoms with Crippen molar-refractivity contribution >= 4 is 11.6 Å². The van der Waals surface area contributed by atoms with E-state index in [1.165, 1.54) is 6.07 Å². The second-order valence-corrected chi connectivity index (χ2v) is 5.42. The lowest BCUT2D eigenvalue weighted by atomic mass is 10.2. The Bertz CT molecular complexity index is 481. The molecule has 1 fully saturated rings. The van der Waals surface area contributed by atoms with Crippen LogP contribution in [0.3, 0.4) is 0 Å². The molecule has 5 nitrogen and oxygen atoms in total. The van der Waals surface area contributed by atoms with Crippen molar-refractivity contribution in [2.45, 2.75) is 26.3 Å². The van der Waals surface area contributed by atoms with Gasteiger partial charge in [-0.3, -0.25) is 14.3 Å². The Labute approximate surface area is 118 Å². The molecule has 106 valence electrons. The van der Waals surface area contributed by atoms with E-state index in [0.29, 0.717) is 6.54 Å². The largest absolute Gasteiger partial charge is 0.379 e. The van der Waals surface area contributed by atoms with Crippen LogP contribution >= 0.6 is 11.6 Å². The third-order valence-corrected chi connectivity index (χ3v) is 3.46. The van der Waals surface area contributed by atoms with Crippen molar-refractivity contribution in [1.82, 2.24) is 14.5 Å². The molecule has 1 aliphatic rings. The lowest BCUT2D eigenvalue weighted by Crippen LogP contribution is -2.40. The van der Waals surface area contributed by atoms with Gasteiger partial charge in [0.15, 0.2) is 0 Å². The number of morpholine rings is 1. The highest BCUT2D eigenvalue weighted by Crippen LogP contribution is 2.12. The number of halogens is 1. The van der Waals surface area contributed by atoms with Gasteiger partial charge in [0.1, 0.15) is 11.0 Å². The fourth-order valence-corrected chi connectivity index (χ4v) is 2.41. The molecule has 1 aromatic rings. The van der Waals surface area contributed by atoms with Crippen molar-refractivity contribution in [3.8, 4) is 0 Å². The molecule has 2 heterocycles. The average molecular weight is 286 g/mol. The minimum atomic E-state index is -0.0723. The summed E-state index contributed by atoms with van der Waals surface area (Å²) in [4.78, 5) is 18.6. The summed E-state index contributed by atoms with van der Waals surface area (Å²) in [6.07, 6.45) is 0. The molecule has 0 unspecified atom stereocenters. The molecule has 0 aromatic carbocycles. The molecule has 0 radical (unpaired) electrons. The van der Waals surface area contributed by atoms with Crippen LogP contribution in [0.5, 0.6) is 0 Å². The maximum Gasteiger partial charge on any atom is 0.255 e. The summed E-state index contributed by atoms with van der Waals surface area (Å²) in [5.74, 6) is 0.932. The molecule has 6 heteroatoms. The highest BCUT2D eigenvalue weighted by molar-refractivity contribution is 6.29. The minimum absolute atomic E-state index is 0.0723. The van der Waals surface area contributed by atoms with Gasteiger partial charge in [-0.05, 0) is 0 Å². The second kappa shape index (κ2) is 6.50. The molecule has 2 rings (SSSR count). The van der Waals surface area contributed by atoms with E-state index in [-0.39, 0.29) is 16.6 Å². The van der Waals surface area contributed by atoms with Gasteiger partial charge in [-0.2, -0.15) is 0 Å². The van der Waals surface area contributed by atoms with Crippen molar-refractivity contribution in [1.29, 1.82) is 0 Å². The molecular weight excluding hydrogens is 266 g/mol. The maximum atomic E-state index is 12.0. The molecule has 0 atom stereocenters. The number of hydrogen-bond acceptors (Lipinski definition) is 4. The zero-order valence-corrected chi connectivity index (χ0v) is 12.2. The summed E-state index contributed by atoms with van der Waals surface area (Å²) in [6.45, 7) is 8.91. The Kier molecular flexibility index (Phi) is 4.96. The molecule has 0 spiro atoms. The fourth-order valence-electron chi connectivity index (χ4n) is 2.23. The van der Waals surface area contributed by atoms with E-state index in [1.807, 2.05) is 13.8 Å². The maximum absolute atomic E-state index is 12.0. The predicted octanol–water partition coefficient (Wildman–Crippen LogP) is 1.35. The molecule has 19 heavy (non-hydrogen) atoms. The van der Waals surface area contributed by atoms with Gasteiger partial charge in [0.05, 0.1) is 13.2 Å². The first-order valence-electron chi connectivity index (χ1n) is 6.65. The quantitative estimate of drug-likeness (QED) is 0.784. The van der Waals surface area contributed by atoms with Gasteiger partial charge in [0.2, 0.25) is 0 Å². The summed E-state index contributed by atoms with van der Waals surface area (Å²) in [6, 6.07) is 1.38. The van der Waals surface area contributed by atoms with E-state index in [9.17, 15) is 4.79 Å². The van der Waals surface area contributed by atoms with Crippen LogP contribution in [-0.2, 0) is 11.3 Å².